The molecule has 4 heteroatoms. The van der Waals surface area contributed by atoms with Gasteiger partial charge in [0.15, 0.2) is 11.5 Å². The van der Waals surface area contributed by atoms with Crippen molar-refractivity contribution in [3.8, 4) is 11.5 Å². The molecule has 4 nitrogen and oxygen atoms in total. The average molecular weight is 309 g/mol. The van der Waals surface area contributed by atoms with Crippen molar-refractivity contribution >= 4 is 12.0 Å². The molecular formula is C19H19NO3. The van der Waals surface area contributed by atoms with Gasteiger partial charge in [-0.25, -0.2) is 0 Å². The minimum atomic E-state index is -0.123. The summed E-state index contributed by atoms with van der Waals surface area (Å²) in [4.78, 5) is 11.9. The summed E-state index contributed by atoms with van der Waals surface area (Å²) in [5, 5.41) is 2.86. The van der Waals surface area contributed by atoms with Crippen molar-refractivity contribution in [2.45, 2.75) is 19.9 Å². The van der Waals surface area contributed by atoms with E-state index in [1.54, 1.807) is 6.08 Å². The molecule has 0 fully saturated rings. The molecule has 0 saturated heterocycles. The van der Waals surface area contributed by atoms with Gasteiger partial charge in [0.25, 0.3) is 0 Å². The van der Waals surface area contributed by atoms with Crippen LogP contribution < -0.4 is 14.8 Å². The van der Waals surface area contributed by atoms with E-state index < -0.39 is 0 Å². The van der Waals surface area contributed by atoms with Gasteiger partial charge in [0.1, 0.15) is 0 Å². The van der Waals surface area contributed by atoms with Gasteiger partial charge in [0.05, 0.1) is 0 Å². The van der Waals surface area contributed by atoms with Crippen LogP contribution in [-0.4, -0.2) is 12.7 Å². The first-order chi connectivity index (χ1) is 11.2. The van der Waals surface area contributed by atoms with Crippen LogP contribution in [0.25, 0.3) is 6.08 Å². The van der Waals surface area contributed by atoms with E-state index in [-0.39, 0.29) is 12.7 Å². The van der Waals surface area contributed by atoms with Crippen molar-refractivity contribution in [3.63, 3.8) is 0 Å². The number of amides is 1. The van der Waals surface area contributed by atoms with Gasteiger partial charge in [0.2, 0.25) is 12.7 Å². The van der Waals surface area contributed by atoms with E-state index in [1.165, 1.54) is 5.56 Å². The minimum Gasteiger partial charge on any atom is -0.454 e. The molecule has 2 aromatic carbocycles. The molecule has 0 radical (unpaired) electrons. The van der Waals surface area contributed by atoms with Crippen molar-refractivity contribution in [3.05, 3.63) is 65.2 Å². The molecule has 1 aliphatic rings. The van der Waals surface area contributed by atoms with Crippen LogP contribution in [0, 0.1) is 0 Å². The third-order valence-electron chi connectivity index (χ3n) is 3.72. The summed E-state index contributed by atoms with van der Waals surface area (Å²) in [6, 6.07) is 13.8. The predicted molar refractivity (Wildman–Crippen MR) is 89.3 cm³/mol. The van der Waals surface area contributed by atoms with Crippen molar-refractivity contribution in [1.82, 2.24) is 5.32 Å². The molecule has 0 bridgehead atoms. The van der Waals surface area contributed by atoms with Gasteiger partial charge in [-0.3, -0.25) is 4.79 Å². The van der Waals surface area contributed by atoms with Crippen LogP contribution in [0.1, 0.15) is 23.6 Å². The van der Waals surface area contributed by atoms with E-state index in [4.69, 9.17) is 9.47 Å². The number of hydrogen-bond acceptors (Lipinski definition) is 3. The fourth-order valence-corrected chi connectivity index (χ4v) is 2.34. The molecule has 2 aromatic rings. The van der Waals surface area contributed by atoms with Gasteiger partial charge < -0.3 is 14.8 Å². The smallest absolute Gasteiger partial charge is 0.244 e. The topological polar surface area (TPSA) is 47.6 Å². The van der Waals surface area contributed by atoms with Gasteiger partial charge in [-0.1, -0.05) is 37.3 Å². The first-order valence-corrected chi connectivity index (χ1v) is 7.68. The molecular weight excluding hydrogens is 290 g/mol. The van der Waals surface area contributed by atoms with Crippen molar-refractivity contribution in [2.75, 3.05) is 6.79 Å². The number of ether oxygens (including phenoxy) is 2. The van der Waals surface area contributed by atoms with E-state index in [2.05, 4.69) is 24.4 Å². The number of fused-ring (bicyclic) bond motifs is 1. The molecule has 23 heavy (non-hydrogen) atoms. The van der Waals surface area contributed by atoms with Gasteiger partial charge >= 0.3 is 0 Å². The maximum Gasteiger partial charge on any atom is 0.244 e. The number of nitrogens with one attached hydrogen (secondary N) is 1. The molecule has 0 saturated carbocycles. The van der Waals surface area contributed by atoms with Gasteiger partial charge in [0, 0.05) is 12.6 Å². The minimum absolute atomic E-state index is 0.123. The third kappa shape index (κ3) is 3.92. The second kappa shape index (κ2) is 7.01. The standard InChI is InChI=1S/C19H19NO3/c1-2-14-3-5-15(6-4-14)8-10-19(21)20-12-16-7-9-17-18(11-16)23-13-22-17/h3-11H,2,12-13H2,1H3,(H,20,21)/b10-8+. The van der Waals surface area contributed by atoms with Crippen LogP contribution >= 0.6 is 0 Å². The van der Waals surface area contributed by atoms with Gasteiger partial charge in [-0.15, -0.1) is 0 Å². The Morgan fingerprint density at radius 2 is 1.83 bits per heavy atom. The lowest BCUT2D eigenvalue weighted by molar-refractivity contribution is -0.116. The van der Waals surface area contributed by atoms with Crippen LogP contribution in [0.5, 0.6) is 11.5 Å². The zero-order chi connectivity index (χ0) is 16.1. The van der Waals surface area contributed by atoms with Gasteiger partial charge in [-0.05, 0) is 41.3 Å². The lowest BCUT2D eigenvalue weighted by Gasteiger charge is -2.04. The second-order valence-corrected chi connectivity index (χ2v) is 5.33. The first kappa shape index (κ1) is 15.2. The Hall–Kier alpha value is -2.75. The van der Waals surface area contributed by atoms with E-state index in [0.717, 1.165) is 29.0 Å². The molecule has 1 amide bonds. The summed E-state index contributed by atoms with van der Waals surface area (Å²) >= 11 is 0. The third-order valence-corrected chi connectivity index (χ3v) is 3.72. The van der Waals surface area contributed by atoms with E-state index in [9.17, 15) is 4.79 Å². The molecule has 1 aliphatic heterocycles. The average Bonchev–Trinajstić information content (AvgIpc) is 3.06. The molecule has 0 unspecified atom stereocenters. The normalized spacial score (nSPS) is 12.6. The number of carbonyl (C=O) groups is 1. The van der Waals surface area contributed by atoms with Crippen LogP contribution in [-0.2, 0) is 17.8 Å². The molecule has 1 N–H and O–H groups in total. The number of carbonyl (C=O) groups excluding carboxylic acids is 1. The highest BCUT2D eigenvalue weighted by Gasteiger charge is 2.13. The van der Waals surface area contributed by atoms with E-state index >= 15 is 0 Å². The first-order valence-electron chi connectivity index (χ1n) is 7.68. The summed E-state index contributed by atoms with van der Waals surface area (Å²) in [5.41, 5.74) is 3.28. The fourth-order valence-electron chi connectivity index (χ4n) is 2.34. The van der Waals surface area contributed by atoms with E-state index in [0.29, 0.717) is 6.54 Å². The number of aryl methyl sites for hydroxylation is 1. The highest BCUT2D eigenvalue weighted by atomic mass is 16.7. The van der Waals surface area contributed by atoms with E-state index in [1.807, 2.05) is 36.4 Å². The van der Waals surface area contributed by atoms with Crippen molar-refractivity contribution in [1.29, 1.82) is 0 Å². The molecule has 0 aliphatic carbocycles. The van der Waals surface area contributed by atoms with Crippen molar-refractivity contribution < 1.29 is 14.3 Å². The molecule has 1 heterocycles. The summed E-state index contributed by atoms with van der Waals surface area (Å²) in [7, 11) is 0. The van der Waals surface area contributed by atoms with Crippen LogP contribution in [0.3, 0.4) is 0 Å². The Kier molecular flexibility index (Phi) is 4.62. The molecule has 0 atom stereocenters. The summed E-state index contributed by atoms with van der Waals surface area (Å²) < 4.78 is 10.6. The highest BCUT2D eigenvalue weighted by molar-refractivity contribution is 5.91. The summed E-state index contributed by atoms with van der Waals surface area (Å²) in [6.45, 7) is 2.83. The SMILES string of the molecule is CCc1ccc(/C=C/C(=O)NCc2ccc3c(c2)OCO3)cc1. The van der Waals surface area contributed by atoms with Crippen LogP contribution in [0.2, 0.25) is 0 Å². The van der Waals surface area contributed by atoms with Crippen LogP contribution in [0.4, 0.5) is 0 Å². The Morgan fingerprint density at radius 1 is 1.09 bits per heavy atom. The molecule has 0 aromatic heterocycles. The number of benzene rings is 2. The number of hydrogen-bond donors (Lipinski definition) is 1. The maximum atomic E-state index is 11.9. The zero-order valence-electron chi connectivity index (χ0n) is 13.0. The monoisotopic (exact) mass is 309 g/mol. The molecule has 3 rings (SSSR count). The quantitative estimate of drug-likeness (QED) is 0.862. The Labute approximate surface area is 135 Å². The molecule has 0 spiro atoms. The maximum absolute atomic E-state index is 11.9. The Morgan fingerprint density at radius 3 is 2.61 bits per heavy atom. The largest absolute Gasteiger partial charge is 0.454 e. The second-order valence-electron chi connectivity index (χ2n) is 5.33. The zero-order valence-corrected chi connectivity index (χ0v) is 13.0. The highest BCUT2D eigenvalue weighted by Crippen LogP contribution is 2.32. The van der Waals surface area contributed by atoms with Crippen LogP contribution in [0.15, 0.2) is 48.5 Å². The summed E-state index contributed by atoms with van der Waals surface area (Å²) in [5.74, 6) is 1.35. The summed E-state index contributed by atoms with van der Waals surface area (Å²) in [6.07, 6.45) is 4.38. The fraction of sp³-hybridized carbons (Fsp3) is 0.211. The molecule has 118 valence electrons. The number of rotatable bonds is 5. The van der Waals surface area contributed by atoms with Crippen molar-refractivity contribution in [2.24, 2.45) is 0 Å². The predicted octanol–water partition coefficient (Wildman–Crippen LogP) is 3.31. The Balaban J connectivity index is 1.53. The Bertz CT molecular complexity index is 720. The lowest BCUT2D eigenvalue weighted by atomic mass is 10.1. The lowest BCUT2D eigenvalue weighted by Crippen LogP contribution is -2.20. The van der Waals surface area contributed by atoms with Gasteiger partial charge in [-0.2, -0.15) is 0 Å².